The fourth-order valence-electron chi connectivity index (χ4n) is 4.20. The summed E-state index contributed by atoms with van der Waals surface area (Å²) in [6, 6.07) is 7.32. The van der Waals surface area contributed by atoms with Gasteiger partial charge in [-0.05, 0) is 36.2 Å². The third-order valence-corrected chi connectivity index (χ3v) is 5.88. The molecule has 1 saturated heterocycles. The molecule has 0 unspecified atom stereocenters. The number of hydrogen-bond donors (Lipinski definition) is 1. The van der Waals surface area contributed by atoms with Crippen LogP contribution in [-0.2, 0) is 4.74 Å². The van der Waals surface area contributed by atoms with Gasteiger partial charge in [0.05, 0.1) is 29.1 Å². The summed E-state index contributed by atoms with van der Waals surface area (Å²) in [4.78, 5) is 18.2. The average molecular weight is 444 g/mol. The Kier molecular flexibility index (Phi) is 5.85. The predicted octanol–water partition coefficient (Wildman–Crippen LogP) is 4.34. The van der Waals surface area contributed by atoms with Gasteiger partial charge in [0.15, 0.2) is 11.3 Å². The number of fused-ring (bicyclic) bond motifs is 1. The van der Waals surface area contributed by atoms with Gasteiger partial charge in [0.1, 0.15) is 11.5 Å². The molecule has 1 aliphatic rings. The molecular weight excluding hydrogens is 418 g/mol. The molecular formula is C23H26F2N4O3. The van der Waals surface area contributed by atoms with Crippen molar-refractivity contribution in [1.82, 2.24) is 14.8 Å². The lowest BCUT2D eigenvalue weighted by atomic mass is 9.93. The van der Waals surface area contributed by atoms with Crippen LogP contribution in [0.3, 0.4) is 0 Å². The van der Waals surface area contributed by atoms with Crippen LogP contribution in [0.15, 0.2) is 30.3 Å². The van der Waals surface area contributed by atoms with Crippen molar-refractivity contribution in [2.45, 2.75) is 38.3 Å². The van der Waals surface area contributed by atoms with Crippen molar-refractivity contribution in [1.29, 1.82) is 0 Å². The van der Waals surface area contributed by atoms with Gasteiger partial charge in [-0.1, -0.05) is 13.8 Å². The third-order valence-electron chi connectivity index (χ3n) is 5.88. The molecule has 9 heteroatoms. The van der Waals surface area contributed by atoms with E-state index in [4.69, 9.17) is 9.84 Å². The molecule has 7 nitrogen and oxygen atoms in total. The first kappa shape index (κ1) is 22.1. The Hall–Kier alpha value is -3.07. The molecule has 1 N–H and O–H groups in total. The Labute approximate surface area is 184 Å². The summed E-state index contributed by atoms with van der Waals surface area (Å²) in [7, 11) is 1.48. The zero-order valence-corrected chi connectivity index (χ0v) is 18.3. The molecule has 3 aromatic rings. The first-order chi connectivity index (χ1) is 15.2. The molecule has 32 heavy (non-hydrogen) atoms. The highest BCUT2D eigenvalue weighted by Gasteiger charge is 2.36. The number of piperidine rings is 1. The highest BCUT2D eigenvalue weighted by molar-refractivity contribution is 5.98. The zero-order valence-electron chi connectivity index (χ0n) is 18.3. The van der Waals surface area contributed by atoms with Crippen LogP contribution in [0.2, 0.25) is 0 Å². The Bertz CT molecular complexity index is 1140. The lowest BCUT2D eigenvalue weighted by Gasteiger charge is -2.37. The number of halogens is 2. The molecule has 0 atom stereocenters. The summed E-state index contributed by atoms with van der Waals surface area (Å²) in [6.07, 6.45) is 0.548. The number of rotatable bonds is 6. The third kappa shape index (κ3) is 4.04. The molecule has 0 radical (unpaired) electrons. The van der Waals surface area contributed by atoms with E-state index in [9.17, 15) is 18.7 Å². The van der Waals surface area contributed by atoms with Crippen LogP contribution in [0.1, 0.15) is 48.8 Å². The quantitative estimate of drug-likeness (QED) is 0.609. The Morgan fingerprint density at radius 1 is 1.25 bits per heavy atom. The number of ether oxygens (including phenoxy) is 1. The van der Waals surface area contributed by atoms with Crippen molar-refractivity contribution >= 4 is 22.7 Å². The Morgan fingerprint density at radius 2 is 1.91 bits per heavy atom. The van der Waals surface area contributed by atoms with Crippen LogP contribution in [-0.4, -0.2) is 58.3 Å². The number of benzene rings is 1. The molecule has 0 bridgehead atoms. The van der Waals surface area contributed by atoms with Gasteiger partial charge in [-0.3, -0.25) is 0 Å². The minimum Gasteiger partial charge on any atom is -0.477 e. The fourth-order valence-corrected chi connectivity index (χ4v) is 4.20. The molecule has 0 spiro atoms. The monoisotopic (exact) mass is 444 g/mol. The molecule has 0 amide bonds. The zero-order chi connectivity index (χ0) is 23.0. The van der Waals surface area contributed by atoms with Crippen LogP contribution in [0.25, 0.3) is 16.7 Å². The van der Waals surface area contributed by atoms with E-state index < -0.39 is 11.6 Å². The maximum Gasteiger partial charge on any atom is 0.354 e. The van der Waals surface area contributed by atoms with E-state index in [1.807, 2.05) is 18.7 Å². The summed E-state index contributed by atoms with van der Waals surface area (Å²) in [5, 5.41) is 15.1. The number of carboxylic acid groups (broad SMARTS) is 1. The minimum atomic E-state index is -1.40. The van der Waals surface area contributed by atoms with Crippen molar-refractivity contribution in [3.63, 3.8) is 0 Å². The normalized spacial score (nSPS) is 16.1. The summed E-state index contributed by atoms with van der Waals surface area (Å²) in [6.45, 7) is 4.85. The molecule has 1 aromatic carbocycles. The second-order valence-electron chi connectivity index (χ2n) is 8.53. The van der Waals surface area contributed by atoms with Crippen molar-refractivity contribution in [2.75, 3.05) is 31.7 Å². The van der Waals surface area contributed by atoms with E-state index in [0.717, 1.165) is 11.1 Å². The van der Waals surface area contributed by atoms with Crippen molar-refractivity contribution in [3.05, 3.63) is 47.5 Å². The first-order valence-corrected chi connectivity index (χ1v) is 10.6. The van der Waals surface area contributed by atoms with E-state index in [1.54, 1.807) is 16.8 Å². The fraction of sp³-hybridized carbons (Fsp3) is 0.435. The van der Waals surface area contributed by atoms with Crippen LogP contribution in [0.5, 0.6) is 0 Å². The predicted molar refractivity (Wildman–Crippen MR) is 117 cm³/mol. The molecule has 0 aliphatic carbocycles. The molecule has 4 rings (SSSR count). The molecule has 3 heterocycles. The lowest BCUT2D eigenvalue weighted by molar-refractivity contribution is 0.0228. The number of methoxy groups -OCH3 is 1. The summed E-state index contributed by atoms with van der Waals surface area (Å²) in [5.41, 5.74) is 0.850. The van der Waals surface area contributed by atoms with E-state index in [-0.39, 0.29) is 36.9 Å². The van der Waals surface area contributed by atoms with Crippen molar-refractivity contribution in [3.8, 4) is 5.69 Å². The van der Waals surface area contributed by atoms with E-state index in [1.165, 1.54) is 25.3 Å². The SMILES string of the molecule is COCC1(F)CCN(c2cc(C(=O)O)nc3c2c(C(C)C)nn3-c2ccc(F)cc2)CC1. The molecule has 170 valence electrons. The minimum absolute atomic E-state index is 0.0222. The first-order valence-electron chi connectivity index (χ1n) is 10.6. The van der Waals surface area contributed by atoms with Gasteiger partial charge in [-0.2, -0.15) is 5.10 Å². The molecule has 2 aromatic heterocycles. The van der Waals surface area contributed by atoms with Crippen LogP contribution < -0.4 is 4.90 Å². The van der Waals surface area contributed by atoms with E-state index >= 15 is 0 Å². The smallest absolute Gasteiger partial charge is 0.354 e. The summed E-state index contributed by atoms with van der Waals surface area (Å²) < 4.78 is 35.0. The molecule has 0 saturated carbocycles. The maximum atomic E-state index is 14.9. The second kappa shape index (κ2) is 8.46. The van der Waals surface area contributed by atoms with Gasteiger partial charge in [0.25, 0.3) is 0 Å². The Morgan fingerprint density at radius 3 is 2.47 bits per heavy atom. The van der Waals surface area contributed by atoms with Gasteiger partial charge in [0.2, 0.25) is 0 Å². The summed E-state index contributed by atoms with van der Waals surface area (Å²) in [5.74, 6) is -1.52. The van der Waals surface area contributed by atoms with Crippen LogP contribution in [0, 0.1) is 5.82 Å². The topological polar surface area (TPSA) is 80.5 Å². The largest absolute Gasteiger partial charge is 0.477 e. The Balaban J connectivity index is 1.89. The number of nitrogens with zero attached hydrogens (tertiary/aromatic N) is 4. The van der Waals surface area contributed by atoms with Gasteiger partial charge in [-0.25, -0.2) is 23.2 Å². The van der Waals surface area contributed by atoms with E-state index in [2.05, 4.69) is 4.98 Å². The van der Waals surface area contributed by atoms with Crippen molar-refractivity contribution in [2.24, 2.45) is 0 Å². The number of anilines is 1. The maximum absolute atomic E-state index is 14.9. The van der Waals surface area contributed by atoms with Crippen LogP contribution in [0.4, 0.5) is 14.5 Å². The van der Waals surface area contributed by atoms with E-state index in [0.29, 0.717) is 30.1 Å². The van der Waals surface area contributed by atoms with Crippen LogP contribution >= 0.6 is 0 Å². The second-order valence-corrected chi connectivity index (χ2v) is 8.53. The van der Waals surface area contributed by atoms with Gasteiger partial charge in [-0.15, -0.1) is 0 Å². The number of carboxylic acids is 1. The van der Waals surface area contributed by atoms with Gasteiger partial charge >= 0.3 is 5.97 Å². The number of carbonyl (C=O) groups is 1. The standard InChI is InChI=1S/C23H26F2N4O3/c1-14(2)20-19-18(28-10-8-23(25,9-11-28)13-32-3)12-17(22(30)31)26-21(19)29(27-20)16-6-4-15(24)5-7-16/h4-7,12,14H,8-11,13H2,1-3H3,(H,30,31). The number of pyridine rings is 1. The number of alkyl halides is 1. The lowest BCUT2D eigenvalue weighted by Crippen LogP contribution is -2.44. The molecule has 1 fully saturated rings. The summed E-state index contributed by atoms with van der Waals surface area (Å²) >= 11 is 0. The number of hydrogen-bond acceptors (Lipinski definition) is 5. The number of aromatic nitrogens is 3. The van der Waals surface area contributed by atoms with Crippen molar-refractivity contribution < 1.29 is 23.4 Å². The number of aromatic carboxylic acids is 1. The van der Waals surface area contributed by atoms with Gasteiger partial charge < -0.3 is 14.7 Å². The highest BCUT2D eigenvalue weighted by Crippen LogP contribution is 2.37. The van der Waals surface area contributed by atoms with Gasteiger partial charge in [0, 0.05) is 33.0 Å². The highest BCUT2D eigenvalue weighted by atomic mass is 19.1. The molecule has 1 aliphatic heterocycles. The average Bonchev–Trinajstić information content (AvgIpc) is 3.14.